The van der Waals surface area contributed by atoms with E-state index < -0.39 is 0 Å². The molecule has 3 aromatic rings. The number of carbonyl (C=O) groups is 1. The highest BCUT2D eigenvalue weighted by atomic mass is 16.5. The second kappa shape index (κ2) is 16.0. The monoisotopic (exact) mass is 752 g/mol. The molecule has 55 heavy (non-hydrogen) atoms. The van der Waals surface area contributed by atoms with Gasteiger partial charge in [-0.25, -0.2) is 0 Å². The van der Waals surface area contributed by atoms with Crippen molar-refractivity contribution in [3.05, 3.63) is 93.5 Å². The zero-order valence-corrected chi connectivity index (χ0v) is 38.2. The molecule has 0 spiro atoms. The lowest BCUT2D eigenvalue weighted by Gasteiger charge is -2.36. The normalized spacial score (nSPS) is 20.3. The van der Waals surface area contributed by atoms with Gasteiger partial charge in [0.25, 0.3) is 0 Å². The van der Waals surface area contributed by atoms with Gasteiger partial charge in [-0.05, 0) is 108 Å². The molecule has 1 amide bonds. The average molecular weight is 752 g/mol. The molecule has 3 unspecified atom stereocenters. The highest BCUT2D eigenvalue weighted by Gasteiger charge is 2.35. The van der Waals surface area contributed by atoms with Gasteiger partial charge >= 0.3 is 0 Å². The summed E-state index contributed by atoms with van der Waals surface area (Å²) in [6.07, 6.45) is 3.00. The first-order valence-electron chi connectivity index (χ1n) is 20.9. The maximum absolute atomic E-state index is 11.9. The van der Waals surface area contributed by atoms with Crippen LogP contribution in [0.4, 0.5) is 5.69 Å². The fourth-order valence-corrected chi connectivity index (χ4v) is 8.10. The average Bonchev–Trinajstić information content (AvgIpc) is 3.04. The minimum absolute atomic E-state index is 0.106. The van der Waals surface area contributed by atoms with Crippen LogP contribution in [0.2, 0.25) is 0 Å². The molecule has 304 valence electrons. The van der Waals surface area contributed by atoms with Crippen molar-refractivity contribution in [2.45, 2.75) is 178 Å². The number of hydrogen-bond acceptors (Lipinski definition) is 3. The van der Waals surface area contributed by atoms with E-state index in [0.29, 0.717) is 23.7 Å². The molecule has 4 nitrogen and oxygen atoms in total. The third-order valence-electron chi connectivity index (χ3n) is 11.7. The number of carbonyl (C=O) groups excluding carboxylic acids is 1. The Hall–Kier alpha value is -3.11. The van der Waals surface area contributed by atoms with E-state index in [4.69, 9.17) is 9.47 Å². The maximum atomic E-state index is 11.9. The van der Waals surface area contributed by atoms with Gasteiger partial charge in [0.05, 0.1) is 19.3 Å². The second-order valence-corrected chi connectivity index (χ2v) is 22.8. The van der Waals surface area contributed by atoms with Crippen molar-refractivity contribution >= 4 is 11.6 Å². The molecule has 0 saturated heterocycles. The van der Waals surface area contributed by atoms with Gasteiger partial charge in [0.2, 0.25) is 5.91 Å². The zero-order valence-electron chi connectivity index (χ0n) is 38.2. The van der Waals surface area contributed by atoms with E-state index in [1.54, 1.807) is 0 Å². The molecule has 3 aliphatic rings. The van der Waals surface area contributed by atoms with E-state index in [-0.39, 0.29) is 39.1 Å². The fraction of sp³-hybridized carbons (Fsp3) is 0.627. The lowest BCUT2D eigenvalue weighted by atomic mass is 9.72. The Morgan fingerprint density at radius 2 is 1.04 bits per heavy atom. The molecule has 0 aromatic heterocycles. The van der Waals surface area contributed by atoms with Gasteiger partial charge in [0, 0.05) is 12.1 Å². The molecule has 6 rings (SSSR count). The van der Waals surface area contributed by atoms with Crippen LogP contribution in [0, 0.1) is 16.2 Å². The number of anilines is 1. The minimum atomic E-state index is 0.106. The van der Waals surface area contributed by atoms with Crippen LogP contribution < -0.4 is 10.1 Å². The number of ether oxygens (including phenoxy) is 2. The van der Waals surface area contributed by atoms with Crippen molar-refractivity contribution < 1.29 is 14.3 Å². The summed E-state index contributed by atoms with van der Waals surface area (Å²) in [6.45, 7) is 42.2. The molecule has 0 fully saturated rings. The molecule has 3 atom stereocenters. The summed E-state index contributed by atoms with van der Waals surface area (Å²) in [7, 11) is 0. The highest BCUT2D eigenvalue weighted by molar-refractivity contribution is 5.95. The first kappa shape index (κ1) is 44.6. The van der Waals surface area contributed by atoms with Gasteiger partial charge in [-0.1, -0.05) is 167 Å². The van der Waals surface area contributed by atoms with E-state index in [9.17, 15) is 4.79 Å². The van der Waals surface area contributed by atoms with Gasteiger partial charge in [-0.2, -0.15) is 0 Å². The SMILES string of the molecule is CC(C)(C)c1ccc2c(c1)CCOC2C(C)(C)C.CC(C)(C)c1ccc2c(c1)NC(=O)CC2C(C)(C)C.CC(C)(C)c1ccc2c(c1)OCCC2C(C)(C)C. The summed E-state index contributed by atoms with van der Waals surface area (Å²) in [6, 6.07) is 20.3. The summed E-state index contributed by atoms with van der Waals surface area (Å²) in [5.41, 5.74) is 11.7. The van der Waals surface area contributed by atoms with Crippen LogP contribution in [-0.2, 0) is 32.2 Å². The summed E-state index contributed by atoms with van der Waals surface area (Å²) < 4.78 is 11.9. The summed E-state index contributed by atoms with van der Waals surface area (Å²) >= 11 is 0. The maximum Gasteiger partial charge on any atom is 0.225 e. The van der Waals surface area contributed by atoms with Gasteiger partial charge in [0.15, 0.2) is 0 Å². The molecule has 0 radical (unpaired) electrons. The van der Waals surface area contributed by atoms with E-state index in [2.05, 4.69) is 185 Å². The number of fused-ring (bicyclic) bond motifs is 3. The standard InChI is InChI=1S/C17H25NO.2C17H26O/c1-16(2,3)11-7-8-12-13(17(4,5)6)10-15(19)18-14(12)9-11;1-16(2,3)13-7-8-14-12(11-13)9-10-18-15(14)17(4,5)6;1-16(2,3)12-7-8-13-14(17(4,5)6)9-10-18-15(13)11-12/h7-9,13H,10H2,1-6H3,(H,18,19);7-8,11,15H,9-10H2,1-6H3;7-8,11,14H,9-10H2,1-6H3. The van der Waals surface area contributed by atoms with Crippen LogP contribution in [0.1, 0.15) is 194 Å². The smallest absolute Gasteiger partial charge is 0.225 e. The third-order valence-corrected chi connectivity index (χ3v) is 11.7. The molecule has 3 aliphatic heterocycles. The number of amides is 1. The predicted molar refractivity (Wildman–Crippen MR) is 235 cm³/mol. The number of hydrogen-bond donors (Lipinski definition) is 1. The molecule has 0 saturated carbocycles. The van der Waals surface area contributed by atoms with Crippen LogP contribution in [0.15, 0.2) is 54.6 Å². The van der Waals surface area contributed by atoms with Crippen molar-refractivity contribution in [1.29, 1.82) is 0 Å². The van der Waals surface area contributed by atoms with E-state index >= 15 is 0 Å². The van der Waals surface area contributed by atoms with Crippen LogP contribution in [0.5, 0.6) is 5.75 Å². The molecule has 0 bridgehead atoms. The summed E-state index contributed by atoms with van der Waals surface area (Å²) in [5.74, 6) is 2.15. The number of nitrogens with one attached hydrogen (secondary N) is 1. The van der Waals surface area contributed by atoms with Crippen LogP contribution >= 0.6 is 0 Å². The molecule has 1 N–H and O–H groups in total. The molecule has 0 aliphatic carbocycles. The lowest BCUT2D eigenvalue weighted by Crippen LogP contribution is -2.30. The Kier molecular flexibility index (Phi) is 13.0. The van der Waals surface area contributed by atoms with E-state index in [1.165, 1.54) is 38.9 Å². The molecular weight excluding hydrogens is 675 g/mol. The highest BCUT2D eigenvalue weighted by Crippen LogP contribution is 2.47. The topological polar surface area (TPSA) is 47.6 Å². The lowest BCUT2D eigenvalue weighted by molar-refractivity contribution is -0.117. The molecular formula is C51H77NO3. The first-order valence-corrected chi connectivity index (χ1v) is 20.9. The minimum Gasteiger partial charge on any atom is -0.493 e. The van der Waals surface area contributed by atoms with Crippen molar-refractivity contribution in [1.82, 2.24) is 0 Å². The first-order chi connectivity index (χ1) is 25.0. The summed E-state index contributed by atoms with van der Waals surface area (Å²) in [4.78, 5) is 11.9. The molecule has 3 aromatic carbocycles. The zero-order chi connectivity index (χ0) is 41.5. The number of benzene rings is 3. The Bertz CT molecular complexity index is 1700. The number of rotatable bonds is 0. The third kappa shape index (κ3) is 11.3. The largest absolute Gasteiger partial charge is 0.493 e. The van der Waals surface area contributed by atoms with Gasteiger partial charge in [-0.15, -0.1) is 0 Å². The van der Waals surface area contributed by atoms with Crippen LogP contribution in [0.25, 0.3) is 0 Å². The Morgan fingerprint density at radius 3 is 1.55 bits per heavy atom. The van der Waals surface area contributed by atoms with Crippen LogP contribution in [0.3, 0.4) is 0 Å². The van der Waals surface area contributed by atoms with Crippen LogP contribution in [-0.4, -0.2) is 19.1 Å². The Balaban J connectivity index is 0.000000184. The van der Waals surface area contributed by atoms with Crippen molar-refractivity contribution in [2.24, 2.45) is 16.2 Å². The van der Waals surface area contributed by atoms with Gasteiger partial charge < -0.3 is 14.8 Å². The van der Waals surface area contributed by atoms with Crippen molar-refractivity contribution in [2.75, 3.05) is 18.5 Å². The second-order valence-electron chi connectivity index (χ2n) is 22.8. The Labute approximate surface area is 337 Å². The Morgan fingerprint density at radius 1 is 0.545 bits per heavy atom. The fourth-order valence-electron chi connectivity index (χ4n) is 8.10. The predicted octanol–water partition coefficient (Wildman–Crippen LogP) is 14.0. The van der Waals surface area contributed by atoms with E-state index in [0.717, 1.165) is 37.5 Å². The van der Waals surface area contributed by atoms with Gasteiger partial charge in [0.1, 0.15) is 5.75 Å². The van der Waals surface area contributed by atoms with Crippen molar-refractivity contribution in [3.63, 3.8) is 0 Å². The van der Waals surface area contributed by atoms with E-state index in [1.807, 2.05) is 0 Å². The quantitative estimate of drug-likeness (QED) is 0.249. The van der Waals surface area contributed by atoms with Gasteiger partial charge in [-0.3, -0.25) is 4.79 Å². The summed E-state index contributed by atoms with van der Waals surface area (Å²) in [5, 5.41) is 3.04. The van der Waals surface area contributed by atoms with Crippen molar-refractivity contribution in [3.8, 4) is 5.75 Å². The molecule has 4 heteroatoms. The molecule has 3 heterocycles.